The molecule has 0 bridgehead atoms. The molecule has 0 aliphatic carbocycles. The van der Waals surface area contributed by atoms with Crippen molar-refractivity contribution < 1.29 is 9.53 Å². The Hall–Kier alpha value is -1.74. The van der Waals surface area contributed by atoms with Gasteiger partial charge in [-0.05, 0) is 29.8 Å². The average Bonchev–Trinajstić information content (AvgIpc) is 2.38. The zero-order valence-electron chi connectivity index (χ0n) is 10.1. The van der Waals surface area contributed by atoms with Crippen LogP contribution in [0.15, 0.2) is 59.5 Å². The molecule has 18 heavy (non-hydrogen) atoms. The first-order valence-corrected chi connectivity index (χ1v) is 6.68. The first kappa shape index (κ1) is 12.7. The lowest BCUT2D eigenvalue weighted by Crippen LogP contribution is -2.00. The summed E-state index contributed by atoms with van der Waals surface area (Å²) in [5.41, 5.74) is 1.30. The fourth-order valence-electron chi connectivity index (χ4n) is 1.51. The molecule has 0 N–H and O–H groups in total. The summed E-state index contributed by atoms with van der Waals surface area (Å²) in [5, 5.41) is 0. The van der Waals surface area contributed by atoms with Crippen LogP contribution in [0.5, 0.6) is 5.75 Å². The minimum absolute atomic E-state index is 0.292. The van der Waals surface area contributed by atoms with E-state index in [1.807, 2.05) is 42.5 Å². The summed E-state index contributed by atoms with van der Waals surface area (Å²) in [6, 6.07) is 17.9. The molecule has 0 fully saturated rings. The quantitative estimate of drug-likeness (QED) is 0.472. The Labute approximate surface area is 111 Å². The largest absolute Gasteiger partial charge is 0.427 e. The van der Waals surface area contributed by atoms with E-state index in [-0.39, 0.29) is 5.97 Å². The van der Waals surface area contributed by atoms with Crippen molar-refractivity contribution in [3.63, 3.8) is 0 Å². The van der Waals surface area contributed by atoms with Gasteiger partial charge < -0.3 is 4.74 Å². The van der Waals surface area contributed by atoms with Gasteiger partial charge in [-0.2, -0.15) is 0 Å². The van der Waals surface area contributed by atoms with Crippen LogP contribution in [0.25, 0.3) is 0 Å². The summed E-state index contributed by atoms with van der Waals surface area (Å²) in [4.78, 5) is 11.9. The Bertz CT molecular complexity index is 506. The molecule has 0 saturated heterocycles. The van der Waals surface area contributed by atoms with Crippen LogP contribution in [0.2, 0.25) is 0 Å². The normalized spacial score (nSPS) is 10.1. The van der Waals surface area contributed by atoms with Crippen LogP contribution < -0.4 is 4.74 Å². The van der Waals surface area contributed by atoms with E-state index in [1.165, 1.54) is 12.5 Å². The molecule has 0 saturated carbocycles. The lowest BCUT2D eigenvalue weighted by molar-refractivity contribution is -0.131. The third-order valence-corrected chi connectivity index (χ3v) is 3.42. The maximum absolute atomic E-state index is 10.8. The highest BCUT2D eigenvalue weighted by atomic mass is 32.2. The minimum atomic E-state index is -0.292. The Morgan fingerprint density at radius 2 is 1.72 bits per heavy atom. The van der Waals surface area contributed by atoms with Crippen LogP contribution in [0.4, 0.5) is 0 Å². The van der Waals surface area contributed by atoms with Gasteiger partial charge in [0.25, 0.3) is 0 Å². The number of hydrogen-bond donors (Lipinski definition) is 0. The maximum Gasteiger partial charge on any atom is 0.308 e. The zero-order chi connectivity index (χ0) is 12.8. The smallest absolute Gasteiger partial charge is 0.308 e. The summed E-state index contributed by atoms with van der Waals surface area (Å²) in [6.07, 6.45) is 0. The molecular formula is C15H14O2S. The van der Waals surface area contributed by atoms with Gasteiger partial charge in [-0.1, -0.05) is 30.3 Å². The lowest BCUT2D eigenvalue weighted by Gasteiger charge is -2.04. The summed E-state index contributed by atoms with van der Waals surface area (Å²) >= 11 is 1.76. The minimum Gasteiger partial charge on any atom is -0.427 e. The number of esters is 1. The fourth-order valence-corrected chi connectivity index (χ4v) is 2.37. The second-order valence-corrected chi connectivity index (χ2v) is 4.89. The van der Waals surface area contributed by atoms with Gasteiger partial charge in [0, 0.05) is 17.6 Å². The van der Waals surface area contributed by atoms with E-state index in [0.29, 0.717) is 5.75 Å². The van der Waals surface area contributed by atoms with Crippen molar-refractivity contribution >= 4 is 17.7 Å². The number of benzene rings is 2. The maximum atomic E-state index is 10.8. The monoisotopic (exact) mass is 258 g/mol. The van der Waals surface area contributed by atoms with Crippen molar-refractivity contribution in [1.82, 2.24) is 0 Å². The molecule has 92 valence electrons. The molecule has 0 aromatic heterocycles. The van der Waals surface area contributed by atoms with Crippen molar-refractivity contribution in [2.45, 2.75) is 17.6 Å². The second kappa shape index (κ2) is 6.26. The van der Waals surface area contributed by atoms with E-state index in [9.17, 15) is 4.79 Å². The third-order valence-electron chi connectivity index (χ3n) is 2.33. The van der Waals surface area contributed by atoms with Crippen LogP contribution in [0, 0.1) is 0 Å². The van der Waals surface area contributed by atoms with Crippen molar-refractivity contribution in [1.29, 1.82) is 0 Å². The van der Waals surface area contributed by atoms with Gasteiger partial charge in [-0.15, -0.1) is 11.8 Å². The van der Waals surface area contributed by atoms with Gasteiger partial charge in [-0.25, -0.2) is 0 Å². The van der Waals surface area contributed by atoms with E-state index in [2.05, 4.69) is 12.1 Å². The molecule has 0 amide bonds. The molecule has 0 radical (unpaired) electrons. The number of hydrogen-bond acceptors (Lipinski definition) is 3. The third kappa shape index (κ3) is 3.93. The summed E-state index contributed by atoms with van der Waals surface area (Å²) in [5.74, 6) is 1.24. The predicted molar refractivity (Wildman–Crippen MR) is 73.8 cm³/mol. The molecule has 0 unspecified atom stereocenters. The summed E-state index contributed by atoms with van der Waals surface area (Å²) in [6.45, 7) is 1.40. The highest BCUT2D eigenvalue weighted by Gasteiger charge is 1.99. The molecule has 0 atom stereocenters. The molecule has 2 nitrogen and oxygen atoms in total. The fraction of sp³-hybridized carbons (Fsp3) is 0.133. The Balaban J connectivity index is 1.92. The van der Waals surface area contributed by atoms with Crippen LogP contribution in [-0.2, 0) is 10.5 Å². The highest BCUT2D eigenvalue weighted by molar-refractivity contribution is 7.98. The van der Waals surface area contributed by atoms with Gasteiger partial charge in [0.2, 0.25) is 0 Å². The molecule has 0 heterocycles. The summed E-state index contributed by atoms with van der Waals surface area (Å²) in [7, 11) is 0. The zero-order valence-corrected chi connectivity index (χ0v) is 10.9. The number of thioether (sulfide) groups is 1. The molecule has 3 heteroatoms. The van der Waals surface area contributed by atoms with Gasteiger partial charge in [0.1, 0.15) is 5.75 Å². The Kier molecular flexibility index (Phi) is 4.42. The topological polar surface area (TPSA) is 26.3 Å². The molecule has 2 aromatic rings. The Morgan fingerprint density at radius 3 is 2.33 bits per heavy atom. The van der Waals surface area contributed by atoms with Crippen molar-refractivity contribution in [2.75, 3.05) is 0 Å². The van der Waals surface area contributed by atoms with Crippen LogP contribution in [-0.4, -0.2) is 5.97 Å². The van der Waals surface area contributed by atoms with E-state index < -0.39 is 0 Å². The molecule has 0 aliphatic heterocycles. The number of ether oxygens (including phenoxy) is 1. The standard InChI is InChI=1S/C15H14O2S/c1-12(16)17-14-7-9-15(10-8-14)18-11-13-5-3-2-4-6-13/h2-10H,11H2,1H3. The first-order chi connectivity index (χ1) is 8.74. The molecule has 0 spiro atoms. The molecule has 2 aromatic carbocycles. The lowest BCUT2D eigenvalue weighted by atomic mass is 10.2. The molecule has 2 rings (SSSR count). The number of carbonyl (C=O) groups is 1. The van der Waals surface area contributed by atoms with Gasteiger partial charge in [-0.3, -0.25) is 4.79 Å². The van der Waals surface area contributed by atoms with Crippen molar-refractivity contribution in [3.05, 3.63) is 60.2 Å². The average molecular weight is 258 g/mol. The first-order valence-electron chi connectivity index (χ1n) is 5.69. The van der Waals surface area contributed by atoms with E-state index in [1.54, 1.807) is 11.8 Å². The molecular weight excluding hydrogens is 244 g/mol. The van der Waals surface area contributed by atoms with Gasteiger partial charge in [0.05, 0.1) is 0 Å². The predicted octanol–water partition coefficient (Wildman–Crippen LogP) is 3.90. The van der Waals surface area contributed by atoms with Crippen LogP contribution in [0.3, 0.4) is 0 Å². The van der Waals surface area contributed by atoms with Crippen molar-refractivity contribution in [2.24, 2.45) is 0 Å². The highest BCUT2D eigenvalue weighted by Crippen LogP contribution is 2.24. The van der Waals surface area contributed by atoms with Gasteiger partial charge >= 0.3 is 5.97 Å². The number of carbonyl (C=O) groups excluding carboxylic acids is 1. The number of rotatable bonds is 4. The van der Waals surface area contributed by atoms with E-state index in [4.69, 9.17) is 4.74 Å². The molecule has 0 aliphatic rings. The van der Waals surface area contributed by atoms with Gasteiger partial charge in [0.15, 0.2) is 0 Å². The van der Waals surface area contributed by atoms with E-state index in [0.717, 1.165) is 10.6 Å². The van der Waals surface area contributed by atoms with Crippen LogP contribution >= 0.6 is 11.8 Å². The summed E-state index contributed by atoms with van der Waals surface area (Å²) < 4.78 is 4.98. The second-order valence-electron chi connectivity index (χ2n) is 3.84. The van der Waals surface area contributed by atoms with E-state index >= 15 is 0 Å². The van der Waals surface area contributed by atoms with Crippen LogP contribution in [0.1, 0.15) is 12.5 Å². The SMILES string of the molecule is CC(=O)Oc1ccc(SCc2ccccc2)cc1. The Morgan fingerprint density at radius 1 is 1.06 bits per heavy atom. The van der Waals surface area contributed by atoms with Crippen molar-refractivity contribution in [3.8, 4) is 5.75 Å².